The average Bonchev–Trinajstić information content (AvgIpc) is 2.68. The molecule has 31 heavy (non-hydrogen) atoms. The lowest BCUT2D eigenvalue weighted by Gasteiger charge is -2.29. The van der Waals surface area contributed by atoms with Gasteiger partial charge in [0.25, 0.3) is 5.91 Å². The van der Waals surface area contributed by atoms with E-state index in [1.165, 1.54) is 0 Å². The van der Waals surface area contributed by atoms with E-state index >= 15 is 0 Å². The van der Waals surface area contributed by atoms with Crippen LogP contribution in [0.15, 0.2) is 47.4 Å². The summed E-state index contributed by atoms with van der Waals surface area (Å²) in [6.45, 7) is 1.83. The molecule has 3 rings (SSSR count). The van der Waals surface area contributed by atoms with Crippen LogP contribution in [-0.2, 0) is 16.0 Å². The van der Waals surface area contributed by atoms with Gasteiger partial charge in [-0.3, -0.25) is 4.79 Å². The quantitative estimate of drug-likeness (QED) is 0.649. The summed E-state index contributed by atoms with van der Waals surface area (Å²) < 4.78 is 77.3. The second kappa shape index (κ2) is 8.98. The summed E-state index contributed by atoms with van der Waals surface area (Å²) >= 11 is 0. The number of nitrogens with one attached hydrogen (secondary N) is 1. The van der Waals surface area contributed by atoms with E-state index in [0.717, 1.165) is 11.6 Å². The highest BCUT2D eigenvalue weighted by Gasteiger charge is 2.35. The van der Waals surface area contributed by atoms with Gasteiger partial charge in [-0.15, -0.1) is 0 Å². The fourth-order valence-electron chi connectivity index (χ4n) is 3.84. The van der Waals surface area contributed by atoms with Crippen molar-refractivity contribution in [2.75, 3.05) is 5.75 Å². The molecular weight excluding hydrogens is 434 g/mol. The maximum absolute atomic E-state index is 13.4. The molecule has 0 unspecified atom stereocenters. The van der Waals surface area contributed by atoms with Crippen LogP contribution in [0, 0.1) is 18.7 Å². The molecule has 1 saturated carbocycles. The Hall–Kier alpha value is -2.42. The lowest BCUT2D eigenvalue weighted by Crippen LogP contribution is -2.38. The monoisotopic (exact) mass is 457 g/mol. The molecule has 0 atom stereocenters. The number of rotatable bonds is 5. The van der Waals surface area contributed by atoms with Crippen molar-refractivity contribution in [1.82, 2.24) is 5.32 Å². The molecule has 0 heterocycles. The summed E-state index contributed by atoms with van der Waals surface area (Å²) in [4.78, 5) is 12.6. The predicted octanol–water partition coefficient (Wildman–Crippen LogP) is 4.92. The molecule has 0 saturated heterocycles. The molecule has 1 N–H and O–H groups in total. The van der Waals surface area contributed by atoms with Crippen LogP contribution < -0.4 is 5.32 Å². The molecular formula is C22H23F4NO3S. The van der Waals surface area contributed by atoms with E-state index in [9.17, 15) is 30.8 Å². The lowest BCUT2D eigenvalue weighted by molar-refractivity contribution is -0.140. The number of aryl methyl sites for hydroxylation is 1. The summed E-state index contributed by atoms with van der Waals surface area (Å²) in [5.41, 5.74) is -0.884. The van der Waals surface area contributed by atoms with Crippen molar-refractivity contribution in [3.05, 3.63) is 65.0 Å². The first-order valence-corrected chi connectivity index (χ1v) is 11.6. The largest absolute Gasteiger partial charge is 0.419 e. The van der Waals surface area contributed by atoms with Gasteiger partial charge in [0, 0.05) is 11.6 Å². The molecule has 0 aliphatic heterocycles. The summed E-state index contributed by atoms with van der Waals surface area (Å²) in [5, 5.41) is 2.68. The van der Waals surface area contributed by atoms with E-state index in [-0.39, 0.29) is 23.3 Å². The molecule has 0 bridgehead atoms. The van der Waals surface area contributed by atoms with Crippen molar-refractivity contribution >= 4 is 15.7 Å². The number of sulfone groups is 1. The number of carbonyl (C=O) groups is 1. The van der Waals surface area contributed by atoms with Crippen LogP contribution in [0.25, 0.3) is 0 Å². The third kappa shape index (κ3) is 5.84. The zero-order valence-electron chi connectivity index (χ0n) is 16.9. The molecule has 0 spiro atoms. The molecule has 1 fully saturated rings. The van der Waals surface area contributed by atoms with E-state index in [1.807, 2.05) is 13.0 Å². The predicted molar refractivity (Wildman–Crippen MR) is 108 cm³/mol. The Morgan fingerprint density at radius 3 is 2.35 bits per heavy atom. The number of hydrogen-bond donors (Lipinski definition) is 1. The van der Waals surface area contributed by atoms with Crippen LogP contribution in [0.2, 0.25) is 0 Å². The van der Waals surface area contributed by atoms with Gasteiger partial charge in [0.15, 0.2) is 9.84 Å². The SMILES string of the molecule is Cc1cccc(S(=O)(=O)C[C@H]2CC[C@@H](NC(=O)c3ccc(F)c(C(F)(F)F)c3)CC2)c1. The van der Waals surface area contributed by atoms with E-state index in [4.69, 9.17) is 0 Å². The van der Waals surface area contributed by atoms with Gasteiger partial charge in [-0.2, -0.15) is 13.2 Å². The summed E-state index contributed by atoms with van der Waals surface area (Å²) in [7, 11) is -3.42. The number of alkyl halides is 3. The van der Waals surface area contributed by atoms with Gasteiger partial charge in [-0.05, 0) is 74.4 Å². The Kier molecular flexibility index (Phi) is 6.73. The Labute approximate surface area is 178 Å². The third-order valence-corrected chi connectivity index (χ3v) is 7.40. The van der Waals surface area contributed by atoms with Gasteiger partial charge >= 0.3 is 6.18 Å². The maximum Gasteiger partial charge on any atom is 0.419 e. The second-order valence-electron chi connectivity index (χ2n) is 7.98. The van der Waals surface area contributed by atoms with E-state index in [2.05, 4.69) is 5.32 Å². The zero-order chi connectivity index (χ0) is 22.8. The van der Waals surface area contributed by atoms with Crippen LogP contribution in [0.1, 0.15) is 47.2 Å². The van der Waals surface area contributed by atoms with Crippen molar-refractivity contribution in [2.45, 2.75) is 49.7 Å². The smallest absolute Gasteiger partial charge is 0.349 e. The molecule has 1 aliphatic carbocycles. The van der Waals surface area contributed by atoms with Gasteiger partial charge < -0.3 is 5.32 Å². The van der Waals surface area contributed by atoms with Crippen LogP contribution >= 0.6 is 0 Å². The molecule has 0 radical (unpaired) electrons. The van der Waals surface area contributed by atoms with E-state index in [0.29, 0.717) is 42.7 Å². The van der Waals surface area contributed by atoms with Gasteiger partial charge in [-0.1, -0.05) is 12.1 Å². The van der Waals surface area contributed by atoms with Gasteiger partial charge in [0.1, 0.15) is 5.82 Å². The number of amides is 1. The summed E-state index contributed by atoms with van der Waals surface area (Å²) in [6.07, 6.45) is -2.69. The van der Waals surface area contributed by atoms with Crippen LogP contribution in [0.5, 0.6) is 0 Å². The minimum atomic E-state index is -4.89. The number of halogens is 4. The van der Waals surface area contributed by atoms with Crippen molar-refractivity contribution in [3.63, 3.8) is 0 Å². The van der Waals surface area contributed by atoms with Crippen molar-refractivity contribution < 1.29 is 30.8 Å². The van der Waals surface area contributed by atoms with Crippen LogP contribution in [0.3, 0.4) is 0 Å². The topological polar surface area (TPSA) is 63.2 Å². The Bertz CT molecular complexity index is 1060. The first-order chi connectivity index (χ1) is 14.5. The fourth-order valence-corrected chi connectivity index (χ4v) is 5.64. The first-order valence-electron chi connectivity index (χ1n) is 9.93. The highest BCUT2D eigenvalue weighted by molar-refractivity contribution is 7.91. The summed E-state index contributed by atoms with van der Waals surface area (Å²) in [5.74, 6) is -2.17. The normalized spacial score (nSPS) is 19.8. The van der Waals surface area contributed by atoms with E-state index in [1.54, 1.807) is 18.2 Å². The number of carbonyl (C=O) groups excluding carboxylic acids is 1. The lowest BCUT2D eigenvalue weighted by atomic mass is 9.87. The Morgan fingerprint density at radius 2 is 1.74 bits per heavy atom. The average molecular weight is 457 g/mol. The minimum absolute atomic E-state index is 0.0179. The van der Waals surface area contributed by atoms with Crippen molar-refractivity contribution in [2.24, 2.45) is 5.92 Å². The zero-order valence-corrected chi connectivity index (χ0v) is 17.7. The molecule has 1 amide bonds. The maximum atomic E-state index is 13.4. The van der Waals surface area contributed by atoms with Gasteiger partial charge in [0.2, 0.25) is 0 Å². The van der Waals surface area contributed by atoms with Gasteiger partial charge in [0.05, 0.1) is 16.2 Å². The van der Waals surface area contributed by atoms with Crippen molar-refractivity contribution in [3.8, 4) is 0 Å². The Morgan fingerprint density at radius 1 is 1.06 bits per heavy atom. The van der Waals surface area contributed by atoms with E-state index < -0.39 is 33.3 Å². The molecule has 4 nitrogen and oxygen atoms in total. The molecule has 1 aliphatic rings. The number of benzene rings is 2. The second-order valence-corrected chi connectivity index (χ2v) is 10.0. The first kappa shape index (κ1) is 23.2. The fraction of sp³-hybridized carbons (Fsp3) is 0.409. The standard InChI is InChI=1S/C22H23F4NO3S/c1-14-3-2-4-18(11-14)31(29,30)13-15-5-8-17(9-6-15)27-21(28)16-7-10-20(23)19(12-16)22(24,25)26/h2-4,7,10-12,15,17H,5-6,8-9,13H2,1H3,(H,27,28)/t15-,17+. The molecule has 9 heteroatoms. The highest BCUT2D eigenvalue weighted by Crippen LogP contribution is 2.32. The molecule has 2 aromatic carbocycles. The van der Waals surface area contributed by atoms with Gasteiger partial charge in [-0.25, -0.2) is 12.8 Å². The highest BCUT2D eigenvalue weighted by atomic mass is 32.2. The molecule has 2 aromatic rings. The minimum Gasteiger partial charge on any atom is -0.349 e. The molecule has 168 valence electrons. The summed E-state index contributed by atoms with van der Waals surface area (Å²) in [6, 6.07) is 8.62. The van der Waals surface area contributed by atoms with Crippen LogP contribution in [-0.4, -0.2) is 26.1 Å². The number of hydrogen-bond acceptors (Lipinski definition) is 3. The molecule has 0 aromatic heterocycles. The Balaban J connectivity index is 1.57. The third-order valence-electron chi connectivity index (χ3n) is 5.52. The van der Waals surface area contributed by atoms with Crippen molar-refractivity contribution in [1.29, 1.82) is 0 Å². The van der Waals surface area contributed by atoms with Crippen LogP contribution in [0.4, 0.5) is 17.6 Å².